The molecule has 1 aliphatic heterocycles. The van der Waals surface area contributed by atoms with Gasteiger partial charge in [0.1, 0.15) is 0 Å². The predicted octanol–water partition coefficient (Wildman–Crippen LogP) is 4.59. The molecule has 1 fully saturated rings. The van der Waals surface area contributed by atoms with E-state index in [2.05, 4.69) is 0 Å². The summed E-state index contributed by atoms with van der Waals surface area (Å²) in [6.07, 6.45) is 0. The third kappa shape index (κ3) is 4.52. The quantitative estimate of drug-likeness (QED) is 0.541. The van der Waals surface area contributed by atoms with Crippen molar-refractivity contribution in [3.8, 4) is 0 Å². The number of carbonyl (C=O) groups is 1. The van der Waals surface area contributed by atoms with E-state index in [1.54, 1.807) is 4.90 Å². The number of nitrogens with zero attached hydrogens (tertiary/aromatic N) is 2. The van der Waals surface area contributed by atoms with Crippen LogP contribution in [-0.4, -0.2) is 49.7 Å². The zero-order valence-corrected chi connectivity index (χ0v) is 21.1. The lowest BCUT2D eigenvalue weighted by Gasteiger charge is -2.36. The average Bonchev–Trinajstić information content (AvgIpc) is 2.84. The highest BCUT2D eigenvalue weighted by Gasteiger charge is 2.35. The number of hydrogen-bond acceptors (Lipinski definition) is 3. The first-order chi connectivity index (χ1) is 16.2. The predicted molar refractivity (Wildman–Crippen MR) is 135 cm³/mol. The van der Waals surface area contributed by atoms with Gasteiger partial charge < -0.3 is 4.90 Å². The summed E-state index contributed by atoms with van der Waals surface area (Å²) in [5, 5.41) is 0. The summed E-state index contributed by atoms with van der Waals surface area (Å²) in [4.78, 5) is 15.9. The van der Waals surface area contributed by atoms with E-state index in [-0.39, 0.29) is 19.0 Å². The summed E-state index contributed by atoms with van der Waals surface area (Å²) in [6, 6.07) is 21.6. The second-order valence-corrected chi connectivity index (χ2v) is 10.9. The lowest BCUT2D eigenvalue weighted by Crippen LogP contribution is -2.51. The van der Waals surface area contributed by atoms with E-state index >= 15 is 0 Å². The third-order valence-corrected chi connectivity index (χ3v) is 9.13. The summed E-state index contributed by atoms with van der Waals surface area (Å²) < 4.78 is 28.8. The maximum atomic E-state index is 13.7. The average molecular weight is 477 g/mol. The normalized spacial score (nSPS) is 15.0. The number of carbonyl (C=O) groups excluding carboxylic acids is 1. The Hall–Kier alpha value is -2.96. The molecule has 3 aromatic carbocycles. The second-order valence-electron chi connectivity index (χ2n) is 9.07. The van der Waals surface area contributed by atoms with Crippen LogP contribution in [0.4, 0.5) is 0 Å². The van der Waals surface area contributed by atoms with Crippen LogP contribution in [0.25, 0.3) is 0 Å². The Labute approximate surface area is 203 Å². The monoisotopic (exact) mass is 476 g/mol. The molecule has 0 aromatic heterocycles. The van der Waals surface area contributed by atoms with Crippen molar-refractivity contribution in [2.75, 3.05) is 26.2 Å². The summed E-state index contributed by atoms with van der Waals surface area (Å²) in [5.41, 5.74) is 5.43. The first-order valence-electron chi connectivity index (χ1n) is 11.7. The molecule has 0 bridgehead atoms. The summed E-state index contributed by atoms with van der Waals surface area (Å²) in [6.45, 7) is 8.97. The van der Waals surface area contributed by atoms with Gasteiger partial charge in [0.05, 0.1) is 10.8 Å². The van der Waals surface area contributed by atoms with E-state index in [1.165, 1.54) is 4.31 Å². The minimum absolute atomic E-state index is 0.00760. The Morgan fingerprint density at radius 3 is 1.62 bits per heavy atom. The molecule has 1 aliphatic rings. The van der Waals surface area contributed by atoms with E-state index in [0.29, 0.717) is 18.0 Å². The molecule has 6 heteroatoms. The molecule has 1 heterocycles. The van der Waals surface area contributed by atoms with Crippen LogP contribution in [0.15, 0.2) is 71.6 Å². The number of amides is 1. The minimum atomic E-state index is -3.65. The van der Waals surface area contributed by atoms with Crippen LogP contribution in [0.3, 0.4) is 0 Å². The molecule has 3 aromatic rings. The number of benzene rings is 3. The second kappa shape index (κ2) is 9.72. The minimum Gasteiger partial charge on any atom is -0.339 e. The Morgan fingerprint density at radius 2 is 1.18 bits per heavy atom. The fourth-order valence-corrected chi connectivity index (χ4v) is 6.79. The maximum absolute atomic E-state index is 13.7. The maximum Gasteiger partial charge on any atom is 0.243 e. The summed E-state index contributed by atoms with van der Waals surface area (Å²) >= 11 is 0. The van der Waals surface area contributed by atoms with Gasteiger partial charge in [0.15, 0.2) is 0 Å². The lowest BCUT2D eigenvalue weighted by molar-refractivity contribution is -0.133. The van der Waals surface area contributed by atoms with Crippen LogP contribution in [0.5, 0.6) is 0 Å². The van der Waals surface area contributed by atoms with Gasteiger partial charge >= 0.3 is 0 Å². The largest absolute Gasteiger partial charge is 0.339 e. The lowest BCUT2D eigenvalue weighted by atomic mass is 9.90. The van der Waals surface area contributed by atoms with Gasteiger partial charge in [0.25, 0.3) is 0 Å². The van der Waals surface area contributed by atoms with E-state index in [1.807, 2.05) is 94.4 Å². The number of piperazine rings is 1. The number of hydrogen-bond donors (Lipinski definition) is 0. The molecule has 1 amide bonds. The van der Waals surface area contributed by atoms with Crippen LogP contribution in [-0.2, 0) is 14.8 Å². The van der Waals surface area contributed by atoms with Crippen molar-refractivity contribution < 1.29 is 13.2 Å². The van der Waals surface area contributed by atoms with E-state index in [0.717, 1.165) is 33.4 Å². The first kappa shape index (κ1) is 24.2. The van der Waals surface area contributed by atoms with E-state index in [4.69, 9.17) is 0 Å². The molecule has 0 radical (unpaired) electrons. The Kier molecular flexibility index (Phi) is 6.91. The first-order valence-corrected chi connectivity index (χ1v) is 13.1. The van der Waals surface area contributed by atoms with Crippen LogP contribution >= 0.6 is 0 Å². The van der Waals surface area contributed by atoms with Crippen LogP contribution in [0.1, 0.15) is 39.3 Å². The third-order valence-electron chi connectivity index (χ3n) is 6.96. The molecule has 178 valence electrons. The Bertz CT molecular complexity index is 1210. The van der Waals surface area contributed by atoms with Crippen molar-refractivity contribution in [1.82, 2.24) is 9.21 Å². The van der Waals surface area contributed by atoms with Crippen molar-refractivity contribution in [3.63, 3.8) is 0 Å². The Morgan fingerprint density at radius 1 is 0.735 bits per heavy atom. The molecule has 0 aliphatic carbocycles. The molecule has 5 nitrogen and oxygen atoms in total. The van der Waals surface area contributed by atoms with Gasteiger partial charge in [-0.1, -0.05) is 66.7 Å². The van der Waals surface area contributed by atoms with Crippen molar-refractivity contribution in [3.05, 3.63) is 100 Å². The van der Waals surface area contributed by atoms with Crippen molar-refractivity contribution in [1.29, 1.82) is 0 Å². The van der Waals surface area contributed by atoms with Crippen LogP contribution < -0.4 is 0 Å². The topological polar surface area (TPSA) is 57.7 Å². The molecule has 4 rings (SSSR count). The zero-order valence-electron chi connectivity index (χ0n) is 20.3. The van der Waals surface area contributed by atoms with Crippen LogP contribution in [0, 0.1) is 27.7 Å². The SMILES string of the molecule is Cc1cc(C)c(C)c(S(=O)(=O)N2CCN(C(=O)C(c3ccccc3)c3ccccc3)CC2)c1C. The molecular formula is C28H32N2O3S. The van der Waals surface area contributed by atoms with Gasteiger partial charge in [-0.05, 0) is 61.1 Å². The van der Waals surface area contributed by atoms with E-state index in [9.17, 15) is 13.2 Å². The highest BCUT2D eigenvalue weighted by atomic mass is 32.2. The zero-order chi connectivity index (χ0) is 24.5. The van der Waals surface area contributed by atoms with Gasteiger partial charge in [-0.25, -0.2) is 8.42 Å². The van der Waals surface area contributed by atoms with Crippen LogP contribution in [0.2, 0.25) is 0 Å². The molecule has 0 atom stereocenters. The molecule has 1 saturated heterocycles. The van der Waals surface area contributed by atoms with Crippen molar-refractivity contribution in [2.24, 2.45) is 0 Å². The highest BCUT2D eigenvalue weighted by Crippen LogP contribution is 2.31. The molecule has 0 N–H and O–H groups in total. The summed E-state index contributed by atoms with van der Waals surface area (Å²) in [7, 11) is -3.65. The van der Waals surface area contributed by atoms with Gasteiger partial charge in [-0.15, -0.1) is 0 Å². The van der Waals surface area contributed by atoms with Gasteiger partial charge in [-0.2, -0.15) is 4.31 Å². The fraction of sp³-hybridized carbons (Fsp3) is 0.321. The van der Waals surface area contributed by atoms with Gasteiger partial charge in [0, 0.05) is 26.2 Å². The highest BCUT2D eigenvalue weighted by molar-refractivity contribution is 7.89. The van der Waals surface area contributed by atoms with Gasteiger partial charge in [-0.3, -0.25) is 4.79 Å². The molecule has 0 saturated carbocycles. The van der Waals surface area contributed by atoms with Crippen molar-refractivity contribution in [2.45, 2.75) is 38.5 Å². The fourth-order valence-electron chi connectivity index (χ4n) is 4.80. The number of sulfonamides is 1. The molecular weight excluding hydrogens is 444 g/mol. The summed E-state index contributed by atoms with van der Waals surface area (Å²) in [5.74, 6) is -0.400. The standard InChI is InChI=1S/C28H32N2O3S/c1-20-19-21(2)23(4)27(22(20)3)34(32,33)30-17-15-29(16-18-30)28(31)26(24-11-7-5-8-12-24)25-13-9-6-10-14-25/h5-14,19,26H,15-18H2,1-4H3. The number of aryl methyl sites for hydroxylation is 2. The molecule has 0 unspecified atom stereocenters. The van der Waals surface area contributed by atoms with Crippen molar-refractivity contribution >= 4 is 15.9 Å². The Balaban J connectivity index is 1.57. The number of rotatable bonds is 5. The van der Waals surface area contributed by atoms with E-state index < -0.39 is 15.9 Å². The molecule has 34 heavy (non-hydrogen) atoms. The van der Waals surface area contributed by atoms with Gasteiger partial charge in [0.2, 0.25) is 15.9 Å². The molecule has 0 spiro atoms. The smallest absolute Gasteiger partial charge is 0.243 e.